The molecule has 0 atom stereocenters. The van der Waals surface area contributed by atoms with Gasteiger partial charge in [-0.25, -0.2) is 14.2 Å². The summed E-state index contributed by atoms with van der Waals surface area (Å²) < 4.78 is 19.9. The number of nitrogens with zero attached hydrogens (tertiary/aromatic N) is 1. The first-order valence-electron chi connectivity index (χ1n) is 10.9. The molecule has 34 heavy (non-hydrogen) atoms. The first kappa shape index (κ1) is 25.1. The van der Waals surface area contributed by atoms with Crippen LogP contribution in [-0.2, 0) is 16.0 Å². The second-order valence-electron chi connectivity index (χ2n) is 8.20. The maximum absolute atomic E-state index is 15.1. The zero-order valence-corrected chi connectivity index (χ0v) is 20.1. The molecule has 0 saturated heterocycles. The summed E-state index contributed by atoms with van der Waals surface area (Å²) in [6.45, 7) is 4.31. The van der Waals surface area contributed by atoms with Crippen LogP contribution in [0, 0.1) is 11.7 Å². The number of nitrogens with one attached hydrogen (secondary N) is 1. The molecule has 3 aromatic rings. The maximum atomic E-state index is 15.1. The highest BCUT2D eigenvalue weighted by atomic mass is 32.1. The van der Waals surface area contributed by atoms with Crippen LogP contribution in [0.1, 0.15) is 48.2 Å². The van der Waals surface area contributed by atoms with Crippen molar-refractivity contribution in [2.45, 2.75) is 33.1 Å². The van der Waals surface area contributed by atoms with E-state index in [0.717, 1.165) is 12.8 Å². The number of benzene rings is 2. The fourth-order valence-electron chi connectivity index (χ4n) is 3.39. The molecular formula is C26H27FN2O4S. The van der Waals surface area contributed by atoms with Crippen molar-refractivity contribution >= 4 is 34.4 Å². The zero-order valence-electron chi connectivity index (χ0n) is 19.3. The Kier molecular flexibility index (Phi) is 8.54. The minimum Gasteiger partial charge on any atom is -0.490 e. The van der Waals surface area contributed by atoms with Gasteiger partial charge in [0.15, 0.2) is 5.13 Å². The first-order valence-corrected chi connectivity index (χ1v) is 11.8. The number of methoxy groups -OCH3 is 1. The molecule has 1 heterocycles. The third-order valence-electron chi connectivity index (χ3n) is 5.21. The molecule has 0 spiro atoms. The van der Waals surface area contributed by atoms with Crippen LogP contribution >= 0.6 is 11.3 Å². The Morgan fingerprint density at radius 3 is 2.59 bits per heavy atom. The topological polar surface area (TPSA) is 88.5 Å². The summed E-state index contributed by atoms with van der Waals surface area (Å²) in [4.78, 5) is 28.0. The molecule has 0 unspecified atom stereocenters. The van der Waals surface area contributed by atoms with E-state index >= 15 is 4.39 Å². The Morgan fingerprint density at radius 1 is 1.21 bits per heavy atom. The summed E-state index contributed by atoms with van der Waals surface area (Å²) in [6, 6.07) is 11.7. The van der Waals surface area contributed by atoms with Gasteiger partial charge >= 0.3 is 5.97 Å². The summed E-state index contributed by atoms with van der Waals surface area (Å²) >= 11 is 1.22. The van der Waals surface area contributed by atoms with E-state index in [0.29, 0.717) is 45.4 Å². The van der Waals surface area contributed by atoms with Crippen molar-refractivity contribution in [2.24, 2.45) is 5.92 Å². The number of aryl methyl sites for hydroxylation is 1. The van der Waals surface area contributed by atoms with Gasteiger partial charge in [0.1, 0.15) is 5.82 Å². The lowest BCUT2D eigenvalue weighted by molar-refractivity contribution is -0.135. The minimum absolute atomic E-state index is 0.205. The van der Waals surface area contributed by atoms with Gasteiger partial charge in [0.05, 0.1) is 12.8 Å². The summed E-state index contributed by atoms with van der Waals surface area (Å²) in [5.41, 5.74) is 2.52. The number of carbonyl (C=O) groups excluding carboxylic acids is 1. The SMILES string of the molecule is COC(=Cc1ccc(C(=O)Nc2nc(-c3cccc(CCCC(C)C)c3F)cs2)cc1)C(=O)O. The molecule has 178 valence electrons. The summed E-state index contributed by atoms with van der Waals surface area (Å²) in [6.07, 6.45) is 4.01. The summed E-state index contributed by atoms with van der Waals surface area (Å²) in [5, 5.41) is 13.8. The van der Waals surface area contributed by atoms with E-state index in [9.17, 15) is 9.59 Å². The first-order chi connectivity index (χ1) is 16.3. The molecule has 2 N–H and O–H groups in total. The van der Waals surface area contributed by atoms with Gasteiger partial charge in [0.25, 0.3) is 5.91 Å². The van der Waals surface area contributed by atoms with Crippen molar-refractivity contribution in [3.63, 3.8) is 0 Å². The van der Waals surface area contributed by atoms with E-state index in [2.05, 4.69) is 24.1 Å². The van der Waals surface area contributed by atoms with Gasteiger partial charge in [-0.15, -0.1) is 11.3 Å². The number of hydrogen-bond acceptors (Lipinski definition) is 5. The number of carboxylic acid groups (broad SMARTS) is 1. The van der Waals surface area contributed by atoms with E-state index in [1.54, 1.807) is 41.8 Å². The van der Waals surface area contributed by atoms with Crippen LogP contribution in [0.25, 0.3) is 17.3 Å². The molecule has 0 radical (unpaired) electrons. The number of aliphatic carboxylic acids is 1. The molecule has 0 fully saturated rings. The zero-order chi connectivity index (χ0) is 24.7. The molecule has 8 heteroatoms. The highest BCUT2D eigenvalue weighted by Crippen LogP contribution is 2.29. The van der Waals surface area contributed by atoms with Gasteiger partial charge in [-0.05, 0) is 54.2 Å². The van der Waals surface area contributed by atoms with Crippen molar-refractivity contribution < 1.29 is 23.8 Å². The summed E-state index contributed by atoms with van der Waals surface area (Å²) in [7, 11) is 1.28. The lowest BCUT2D eigenvalue weighted by Crippen LogP contribution is -2.11. The van der Waals surface area contributed by atoms with Gasteiger partial charge in [-0.3, -0.25) is 10.1 Å². The Labute approximate surface area is 202 Å². The Balaban J connectivity index is 1.69. The highest BCUT2D eigenvalue weighted by molar-refractivity contribution is 7.14. The Bertz CT molecular complexity index is 1190. The lowest BCUT2D eigenvalue weighted by Gasteiger charge is -2.08. The monoisotopic (exact) mass is 482 g/mol. The molecule has 0 aliphatic heterocycles. The van der Waals surface area contributed by atoms with Gasteiger partial charge in [-0.2, -0.15) is 0 Å². The van der Waals surface area contributed by atoms with Crippen LogP contribution in [0.3, 0.4) is 0 Å². The van der Waals surface area contributed by atoms with Gasteiger partial charge < -0.3 is 9.84 Å². The lowest BCUT2D eigenvalue weighted by atomic mass is 10.00. The van der Waals surface area contributed by atoms with Gasteiger partial charge in [0.2, 0.25) is 5.76 Å². The quantitative estimate of drug-likeness (QED) is 0.263. The number of carboxylic acids is 1. The standard InChI is InChI=1S/C26H27FN2O4S/c1-16(2)6-4-7-18-8-5-9-20(23(18)27)21-15-34-26(28-21)29-24(30)19-12-10-17(11-13-19)14-22(33-3)25(31)32/h5,8-16H,4,6-7H2,1-3H3,(H,31,32)(H,28,29,30). The maximum Gasteiger partial charge on any atom is 0.371 e. The van der Waals surface area contributed by atoms with Crippen molar-refractivity contribution in [3.8, 4) is 11.3 Å². The fraction of sp³-hybridized carbons (Fsp3) is 0.269. The largest absolute Gasteiger partial charge is 0.490 e. The molecule has 0 aliphatic carbocycles. The average molecular weight is 483 g/mol. The second-order valence-corrected chi connectivity index (χ2v) is 9.05. The van der Waals surface area contributed by atoms with Crippen LogP contribution < -0.4 is 5.32 Å². The van der Waals surface area contributed by atoms with Crippen molar-refractivity contribution in [3.05, 3.63) is 76.1 Å². The predicted molar refractivity (Wildman–Crippen MR) is 132 cm³/mol. The third-order valence-corrected chi connectivity index (χ3v) is 5.97. The predicted octanol–water partition coefficient (Wildman–Crippen LogP) is 6.25. The van der Waals surface area contributed by atoms with Gasteiger partial charge in [-0.1, -0.05) is 44.5 Å². The Hall–Kier alpha value is -3.52. The number of hydrogen-bond donors (Lipinski definition) is 2. The molecule has 1 amide bonds. The van der Waals surface area contributed by atoms with Crippen molar-refractivity contribution in [1.82, 2.24) is 4.98 Å². The number of rotatable bonds is 10. The molecule has 3 rings (SSSR count). The number of aromatic nitrogens is 1. The van der Waals surface area contributed by atoms with Crippen LogP contribution in [0.4, 0.5) is 9.52 Å². The second kappa shape index (κ2) is 11.6. The molecule has 0 bridgehead atoms. The van der Waals surface area contributed by atoms with Crippen LogP contribution in [-0.4, -0.2) is 29.1 Å². The van der Waals surface area contributed by atoms with Crippen molar-refractivity contribution in [1.29, 1.82) is 0 Å². The number of ether oxygens (including phenoxy) is 1. The average Bonchev–Trinajstić information content (AvgIpc) is 3.26. The Morgan fingerprint density at radius 2 is 1.94 bits per heavy atom. The number of anilines is 1. The molecular weight excluding hydrogens is 455 g/mol. The molecule has 2 aromatic carbocycles. The number of thiazole rings is 1. The van der Waals surface area contributed by atoms with E-state index in [-0.39, 0.29) is 17.5 Å². The molecule has 0 aliphatic rings. The summed E-state index contributed by atoms with van der Waals surface area (Å²) in [5.74, 6) is -1.44. The van der Waals surface area contributed by atoms with E-state index < -0.39 is 5.97 Å². The van der Waals surface area contributed by atoms with E-state index in [4.69, 9.17) is 9.84 Å². The fourth-order valence-corrected chi connectivity index (χ4v) is 4.09. The van der Waals surface area contributed by atoms with E-state index in [1.165, 1.54) is 24.5 Å². The van der Waals surface area contributed by atoms with Crippen molar-refractivity contribution in [2.75, 3.05) is 12.4 Å². The van der Waals surface area contributed by atoms with Crippen LogP contribution in [0.15, 0.2) is 53.6 Å². The molecule has 1 aromatic heterocycles. The number of amides is 1. The normalized spacial score (nSPS) is 11.5. The van der Waals surface area contributed by atoms with Crippen LogP contribution in [0.2, 0.25) is 0 Å². The highest BCUT2D eigenvalue weighted by Gasteiger charge is 2.15. The number of carbonyl (C=O) groups is 2. The smallest absolute Gasteiger partial charge is 0.371 e. The van der Waals surface area contributed by atoms with Crippen LogP contribution in [0.5, 0.6) is 0 Å². The molecule has 6 nitrogen and oxygen atoms in total. The number of halogens is 1. The van der Waals surface area contributed by atoms with Gasteiger partial charge in [0, 0.05) is 16.5 Å². The molecule has 0 saturated carbocycles. The minimum atomic E-state index is -1.18. The van der Waals surface area contributed by atoms with E-state index in [1.807, 2.05) is 6.07 Å². The third kappa shape index (κ3) is 6.51.